The van der Waals surface area contributed by atoms with E-state index in [1.54, 1.807) is 4.68 Å². The molecule has 1 aliphatic rings. The van der Waals surface area contributed by atoms with Gasteiger partial charge in [-0.1, -0.05) is 23.4 Å². The van der Waals surface area contributed by atoms with Gasteiger partial charge in [0.05, 0.1) is 23.5 Å². The van der Waals surface area contributed by atoms with Crippen molar-refractivity contribution in [2.45, 2.75) is 19.8 Å². The Kier molecular flexibility index (Phi) is 4.48. The normalized spacial score (nSPS) is 15.6. The highest BCUT2D eigenvalue weighted by Crippen LogP contribution is 2.13. The highest BCUT2D eigenvalue weighted by molar-refractivity contribution is 5.78. The number of carbonyl (C=O) groups excluding carboxylic acids is 1. The lowest BCUT2D eigenvalue weighted by atomic mass is 10.2. The molecule has 0 saturated carbocycles. The average molecular weight is 299 g/mol. The van der Waals surface area contributed by atoms with E-state index in [4.69, 9.17) is 0 Å². The lowest BCUT2D eigenvalue weighted by Gasteiger charge is -2.19. The third kappa shape index (κ3) is 3.17. The SMILES string of the molecule is Cc1c(CC(=O)N2CCCNCC2)nnn1-c1ccccc1. The van der Waals surface area contributed by atoms with E-state index in [0.717, 1.165) is 49.7 Å². The van der Waals surface area contributed by atoms with Crippen molar-refractivity contribution >= 4 is 5.91 Å². The van der Waals surface area contributed by atoms with Crippen LogP contribution in [0.25, 0.3) is 5.69 Å². The van der Waals surface area contributed by atoms with Crippen LogP contribution < -0.4 is 5.32 Å². The van der Waals surface area contributed by atoms with E-state index in [1.807, 2.05) is 42.2 Å². The first-order chi connectivity index (χ1) is 10.8. The first-order valence-corrected chi connectivity index (χ1v) is 7.71. The summed E-state index contributed by atoms with van der Waals surface area (Å²) in [7, 11) is 0. The number of amides is 1. The van der Waals surface area contributed by atoms with Gasteiger partial charge in [-0.3, -0.25) is 4.79 Å². The maximum Gasteiger partial charge on any atom is 0.228 e. The van der Waals surface area contributed by atoms with Crippen molar-refractivity contribution in [3.05, 3.63) is 41.7 Å². The molecule has 1 aromatic carbocycles. The molecule has 1 fully saturated rings. The maximum atomic E-state index is 12.4. The summed E-state index contributed by atoms with van der Waals surface area (Å²) in [6, 6.07) is 9.85. The van der Waals surface area contributed by atoms with E-state index in [-0.39, 0.29) is 5.91 Å². The molecule has 1 aromatic heterocycles. The Labute approximate surface area is 130 Å². The fourth-order valence-corrected chi connectivity index (χ4v) is 2.69. The molecule has 6 heteroatoms. The highest BCUT2D eigenvalue weighted by Gasteiger charge is 2.19. The third-order valence-electron chi connectivity index (χ3n) is 4.00. The van der Waals surface area contributed by atoms with Crippen molar-refractivity contribution in [2.24, 2.45) is 0 Å². The van der Waals surface area contributed by atoms with Crippen LogP contribution in [0.2, 0.25) is 0 Å². The summed E-state index contributed by atoms with van der Waals surface area (Å²) in [5, 5.41) is 11.7. The summed E-state index contributed by atoms with van der Waals surface area (Å²) >= 11 is 0. The zero-order chi connectivity index (χ0) is 15.4. The summed E-state index contributed by atoms with van der Waals surface area (Å²) in [5.41, 5.74) is 2.64. The van der Waals surface area contributed by atoms with Crippen molar-refractivity contribution in [3.63, 3.8) is 0 Å². The third-order valence-corrected chi connectivity index (χ3v) is 4.00. The Bertz CT molecular complexity index is 629. The molecule has 1 amide bonds. The van der Waals surface area contributed by atoms with Gasteiger partial charge >= 0.3 is 0 Å². The molecule has 0 aliphatic carbocycles. The average Bonchev–Trinajstić information content (AvgIpc) is 2.77. The Morgan fingerprint density at radius 2 is 2.05 bits per heavy atom. The van der Waals surface area contributed by atoms with Crippen LogP contribution in [-0.4, -0.2) is 52.0 Å². The molecule has 0 unspecified atom stereocenters. The zero-order valence-corrected chi connectivity index (χ0v) is 12.8. The molecule has 1 aliphatic heterocycles. The van der Waals surface area contributed by atoms with Gasteiger partial charge < -0.3 is 10.2 Å². The Morgan fingerprint density at radius 3 is 2.86 bits per heavy atom. The summed E-state index contributed by atoms with van der Waals surface area (Å²) < 4.78 is 1.78. The second kappa shape index (κ2) is 6.70. The van der Waals surface area contributed by atoms with Crippen LogP contribution in [0, 0.1) is 6.92 Å². The Hall–Kier alpha value is -2.21. The highest BCUT2D eigenvalue weighted by atomic mass is 16.2. The number of aromatic nitrogens is 3. The number of carbonyl (C=O) groups is 1. The zero-order valence-electron chi connectivity index (χ0n) is 12.8. The monoisotopic (exact) mass is 299 g/mol. The standard InChI is InChI=1S/C16H21N5O/c1-13-15(12-16(22)20-10-5-8-17-9-11-20)18-19-21(13)14-6-3-2-4-7-14/h2-4,6-7,17H,5,8-12H2,1H3. The van der Waals surface area contributed by atoms with E-state index in [0.29, 0.717) is 6.42 Å². The molecule has 22 heavy (non-hydrogen) atoms. The van der Waals surface area contributed by atoms with Crippen molar-refractivity contribution < 1.29 is 4.79 Å². The maximum absolute atomic E-state index is 12.4. The van der Waals surface area contributed by atoms with Gasteiger partial charge in [-0.15, -0.1) is 5.10 Å². The summed E-state index contributed by atoms with van der Waals surface area (Å²) in [5.74, 6) is 0.131. The van der Waals surface area contributed by atoms with E-state index < -0.39 is 0 Å². The molecule has 116 valence electrons. The van der Waals surface area contributed by atoms with Crippen LogP contribution in [0.5, 0.6) is 0 Å². The lowest BCUT2D eigenvalue weighted by molar-refractivity contribution is -0.130. The fourth-order valence-electron chi connectivity index (χ4n) is 2.69. The van der Waals surface area contributed by atoms with Crippen LogP contribution in [-0.2, 0) is 11.2 Å². The lowest BCUT2D eigenvalue weighted by Crippen LogP contribution is -2.35. The molecule has 0 radical (unpaired) electrons. The van der Waals surface area contributed by atoms with Gasteiger partial charge in [-0.05, 0) is 32.0 Å². The van der Waals surface area contributed by atoms with Crippen molar-refractivity contribution in [3.8, 4) is 5.69 Å². The Morgan fingerprint density at radius 1 is 1.23 bits per heavy atom. The van der Waals surface area contributed by atoms with Crippen LogP contribution >= 0.6 is 0 Å². The summed E-state index contributed by atoms with van der Waals surface area (Å²) in [6.45, 7) is 5.39. The van der Waals surface area contributed by atoms with Crippen LogP contribution in [0.4, 0.5) is 0 Å². The molecule has 2 aromatic rings. The number of hydrogen-bond acceptors (Lipinski definition) is 4. The van der Waals surface area contributed by atoms with Gasteiger partial charge in [0.25, 0.3) is 0 Å². The van der Waals surface area contributed by atoms with Gasteiger partial charge in [0.15, 0.2) is 0 Å². The molecule has 3 rings (SSSR count). The molecule has 1 N–H and O–H groups in total. The van der Waals surface area contributed by atoms with E-state index >= 15 is 0 Å². The molecular weight excluding hydrogens is 278 g/mol. The summed E-state index contributed by atoms with van der Waals surface area (Å²) in [6.07, 6.45) is 1.32. The molecule has 0 spiro atoms. The van der Waals surface area contributed by atoms with Crippen LogP contribution in [0.3, 0.4) is 0 Å². The molecule has 2 heterocycles. The second-order valence-corrected chi connectivity index (χ2v) is 5.53. The molecule has 6 nitrogen and oxygen atoms in total. The van der Waals surface area contributed by atoms with Crippen LogP contribution in [0.15, 0.2) is 30.3 Å². The van der Waals surface area contributed by atoms with Crippen molar-refractivity contribution in [2.75, 3.05) is 26.2 Å². The number of benzene rings is 1. The molecule has 0 atom stereocenters. The first kappa shape index (κ1) is 14.7. The van der Waals surface area contributed by atoms with Gasteiger partial charge in [0.2, 0.25) is 5.91 Å². The smallest absolute Gasteiger partial charge is 0.228 e. The van der Waals surface area contributed by atoms with Gasteiger partial charge in [0, 0.05) is 19.6 Å². The molecule has 0 bridgehead atoms. The van der Waals surface area contributed by atoms with E-state index in [9.17, 15) is 4.79 Å². The quantitative estimate of drug-likeness (QED) is 0.916. The fraction of sp³-hybridized carbons (Fsp3) is 0.438. The number of nitrogens with one attached hydrogen (secondary N) is 1. The van der Waals surface area contributed by atoms with Crippen LogP contribution in [0.1, 0.15) is 17.8 Å². The second-order valence-electron chi connectivity index (χ2n) is 5.53. The van der Waals surface area contributed by atoms with Gasteiger partial charge in [-0.2, -0.15) is 0 Å². The largest absolute Gasteiger partial charge is 0.341 e. The predicted octanol–water partition coefficient (Wildman–Crippen LogP) is 0.940. The predicted molar refractivity (Wildman–Crippen MR) is 83.9 cm³/mol. The Balaban J connectivity index is 1.73. The number of nitrogens with zero attached hydrogens (tertiary/aromatic N) is 4. The molecular formula is C16H21N5O. The van der Waals surface area contributed by atoms with Gasteiger partial charge in [0.1, 0.15) is 0 Å². The topological polar surface area (TPSA) is 63.1 Å². The van der Waals surface area contributed by atoms with E-state index in [2.05, 4.69) is 15.6 Å². The number of hydrogen-bond donors (Lipinski definition) is 1. The van der Waals surface area contributed by atoms with Crippen molar-refractivity contribution in [1.29, 1.82) is 0 Å². The van der Waals surface area contributed by atoms with E-state index in [1.165, 1.54) is 0 Å². The van der Waals surface area contributed by atoms with Gasteiger partial charge in [-0.25, -0.2) is 4.68 Å². The number of rotatable bonds is 3. The minimum absolute atomic E-state index is 0.131. The summed E-state index contributed by atoms with van der Waals surface area (Å²) in [4.78, 5) is 14.4. The minimum atomic E-state index is 0.131. The van der Waals surface area contributed by atoms with Crippen molar-refractivity contribution in [1.82, 2.24) is 25.2 Å². The molecule has 1 saturated heterocycles. The minimum Gasteiger partial charge on any atom is -0.341 e. The first-order valence-electron chi connectivity index (χ1n) is 7.71. The number of para-hydroxylation sites is 1.